The highest BCUT2D eigenvalue weighted by molar-refractivity contribution is 7.99. The number of rotatable bonds is 7. The van der Waals surface area contributed by atoms with E-state index in [1.165, 1.54) is 0 Å². The summed E-state index contributed by atoms with van der Waals surface area (Å²) < 4.78 is 28.2. The highest BCUT2D eigenvalue weighted by Gasteiger charge is 2.28. The smallest absolute Gasteiger partial charge is 0.325 e. The highest BCUT2D eigenvalue weighted by atomic mass is 32.2. The summed E-state index contributed by atoms with van der Waals surface area (Å²) in [4.78, 5) is 39.6. The molecule has 28 heavy (non-hydrogen) atoms. The Labute approximate surface area is 163 Å². The summed E-state index contributed by atoms with van der Waals surface area (Å²) in [6.07, 6.45) is 1.03. The number of H-pyrrole nitrogens is 2. The van der Waals surface area contributed by atoms with Crippen LogP contribution in [0.5, 0.6) is 0 Å². The average Bonchev–Trinajstić information content (AvgIpc) is 3.18. The highest BCUT2D eigenvalue weighted by Crippen LogP contribution is 2.17. The van der Waals surface area contributed by atoms with Gasteiger partial charge in [-0.2, -0.15) is 0 Å². The molecule has 0 spiro atoms. The standard InChI is InChI=1S/C15H19N5O6S2/c1-8-10(13(22)18-14(23)16-8)2-3-12-19-20-15(26-12)27-6-11(21)17-9-4-5-28(24,25)7-9/h9H,2-7H2,1H3,(H,17,21)(H2,16,18,22,23). The molecule has 3 rings (SSSR count). The molecular formula is C15H19N5O6S2. The molecule has 1 saturated heterocycles. The maximum Gasteiger partial charge on any atom is 0.325 e. The third-order valence-electron chi connectivity index (χ3n) is 4.22. The van der Waals surface area contributed by atoms with Crippen molar-refractivity contribution in [3.05, 3.63) is 38.0 Å². The lowest BCUT2D eigenvalue weighted by atomic mass is 10.1. The van der Waals surface area contributed by atoms with Crippen molar-refractivity contribution in [1.82, 2.24) is 25.5 Å². The van der Waals surface area contributed by atoms with E-state index in [1.54, 1.807) is 6.92 Å². The zero-order valence-electron chi connectivity index (χ0n) is 15.0. The summed E-state index contributed by atoms with van der Waals surface area (Å²) in [6, 6.07) is -0.352. The Kier molecular flexibility index (Phi) is 6.03. The van der Waals surface area contributed by atoms with Crippen LogP contribution in [0.2, 0.25) is 0 Å². The summed E-state index contributed by atoms with van der Waals surface area (Å²) in [6.45, 7) is 1.63. The molecular weight excluding hydrogens is 410 g/mol. The van der Waals surface area contributed by atoms with Gasteiger partial charge in [-0.05, 0) is 19.8 Å². The van der Waals surface area contributed by atoms with Gasteiger partial charge in [-0.25, -0.2) is 13.2 Å². The maximum absolute atomic E-state index is 11.9. The summed E-state index contributed by atoms with van der Waals surface area (Å²) in [5, 5.41) is 10.6. The summed E-state index contributed by atoms with van der Waals surface area (Å²) in [5.74, 6) is 0.0846. The van der Waals surface area contributed by atoms with Crippen molar-refractivity contribution in [3.8, 4) is 0 Å². The van der Waals surface area contributed by atoms with Crippen LogP contribution in [0.3, 0.4) is 0 Å². The van der Waals surface area contributed by atoms with E-state index in [9.17, 15) is 22.8 Å². The molecule has 1 aliphatic rings. The maximum atomic E-state index is 11.9. The van der Waals surface area contributed by atoms with Gasteiger partial charge in [-0.1, -0.05) is 11.8 Å². The summed E-state index contributed by atoms with van der Waals surface area (Å²) in [5.41, 5.74) is -0.108. The molecule has 0 aromatic carbocycles. The van der Waals surface area contributed by atoms with E-state index in [2.05, 4.69) is 25.5 Å². The van der Waals surface area contributed by atoms with Crippen LogP contribution < -0.4 is 16.6 Å². The lowest BCUT2D eigenvalue weighted by Gasteiger charge is -2.09. The minimum absolute atomic E-state index is 0.0247. The fourth-order valence-electron chi connectivity index (χ4n) is 2.86. The van der Waals surface area contributed by atoms with E-state index < -0.39 is 21.1 Å². The molecule has 0 saturated carbocycles. The quantitative estimate of drug-likeness (QED) is 0.464. The number of hydrogen-bond acceptors (Lipinski definition) is 9. The van der Waals surface area contributed by atoms with Crippen LogP contribution in [0, 0.1) is 6.92 Å². The minimum Gasteiger partial charge on any atom is -0.416 e. The average molecular weight is 429 g/mol. The van der Waals surface area contributed by atoms with Gasteiger partial charge in [-0.3, -0.25) is 14.6 Å². The predicted molar refractivity (Wildman–Crippen MR) is 100 cm³/mol. The van der Waals surface area contributed by atoms with Crippen LogP contribution in [0.4, 0.5) is 0 Å². The first kappa shape index (κ1) is 20.3. The Bertz CT molecular complexity index is 1090. The number of nitrogens with one attached hydrogen (secondary N) is 3. The number of carbonyl (C=O) groups excluding carboxylic acids is 1. The first-order valence-electron chi connectivity index (χ1n) is 8.49. The Morgan fingerprint density at radius 3 is 2.75 bits per heavy atom. The van der Waals surface area contributed by atoms with Crippen molar-refractivity contribution >= 4 is 27.5 Å². The van der Waals surface area contributed by atoms with Gasteiger partial charge in [0.1, 0.15) is 0 Å². The molecule has 0 aliphatic carbocycles. The van der Waals surface area contributed by atoms with Gasteiger partial charge in [-0.15, -0.1) is 10.2 Å². The van der Waals surface area contributed by atoms with E-state index in [4.69, 9.17) is 4.42 Å². The van der Waals surface area contributed by atoms with Gasteiger partial charge in [0.05, 0.1) is 17.3 Å². The van der Waals surface area contributed by atoms with E-state index in [-0.39, 0.29) is 34.4 Å². The summed E-state index contributed by atoms with van der Waals surface area (Å²) >= 11 is 1.05. The second-order valence-electron chi connectivity index (χ2n) is 6.43. The van der Waals surface area contributed by atoms with Crippen molar-refractivity contribution in [3.63, 3.8) is 0 Å². The monoisotopic (exact) mass is 429 g/mol. The van der Waals surface area contributed by atoms with Crippen LogP contribution in [-0.2, 0) is 27.5 Å². The number of aryl methyl sites for hydroxylation is 2. The molecule has 2 aromatic heterocycles. The topological polar surface area (TPSA) is 168 Å². The van der Waals surface area contributed by atoms with Gasteiger partial charge in [0, 0.05) is 23.7 Å². The van der Waals surface area contributed by atoms with Crippen LogP contribution >= 0.6 is 11.8 Å². The lowest BCUT2D eigenvalue weighted by Crippen LogP contribution is -2.36. The second-order valence-corrected chi connectivity index (χ2v) is 9.58. The number of thioether (sulfide) groups is 1. The van der Waals surface area contributed by atoms with Crippen LogP contribution in [0.15, 0.2) is 19.2 Å². The number of nitrogens with zero attached hydrogens (tertiary/aromatic N) is 2. The second kappa shape index (κ2) is 8.31. The molecule has 11 nitrogen and oxygen atoms in total. The van der Waals surface area contributed by atoms with Crippen molar-refractivity contribution in [1.29, 1.82) is 0 Å². The predicted octanol–water partition coefficient (Wildman–Crippen LogP) is -1.06. The van der Waals surface area contributed by atoms with Crippen LogP contribution in [0.25, 0.3) is 0 Å². The minimum atomic E-state index is -3.05. The molecule has 1 amide bonds. The van der Waals surface area contributed by atoms with Crippen LogP contribution in [-0.4, -0.2) is 57.8 Å². The number of aromatic amines is 2. The molecule has 13 heteroatoms. The molecule has 3 heterocycles. The molecule has 3 N–H and O–H groups in total. The van der Waals surface area contributed by atoms with Gasteiger partial charge >= 0.3 is 5.69 Å². The number of sulfone groups is 1. The third-order valence-corrected chi connectivity index (χ3v) is 6.80. The summed E-state index contributed by atoms with van der Waals surface area (Å²) in [7, 11) is -3.05. The Morgan fingerprint density at radius 2 is 2.07 bits per heavy atom. The van der Waals surface area contributed by atoms with Gasteiger partial charge in [0.2, 0.25) is 11.8 Å². The number of aromatic nitrogens is 4. The van der Waals surface area contributed by atoms with Crippen molar-refractivity contribution in [2.75, 3.05) is 17.3 Å². The molecule has 1 atom stereocenters. The van der Waals surface area contributed by atoms with E-state index in [0.29, 0.717) is 36.4 Å². The Hall–Kier alpha value is -2.41. The Balaban J connectivity index is 1.49. The molecule has 2 aromatic rings. The van der Waals surface area contributed by atoms with Gasteiger partial charge in [0.25, 0.3) is 10.8 Å². The van der Waals surface area contributed by atoms with Crippen molar-refractivity contribution in [2.45, 2.75) is 37.5 Å². The van der Waals surface area contributed by atoms with Crippen LogP contribution in [0.1, 0.15) is 23.6 Å². The molecule has 1 fully saturated rings. The fourth-order valence-corrected chi connectivity index (χ4v) is 5.13. The number of carbonyl (C=O) groups is 1. The normalized spacial score (nSPS) is 18.2. The Morgan fingerprint density at radius 1 is 1.29 bits per heavy atom. The third kappa shape index (κ3) is 5.32. The zero-order valence-corrected chi connectivity index (χ0v) is 16.6. The fraction of sp³-hybridized carbons (Fsp3) is 0.533. The zero-order chi connectivity index (χ0) is 20.3. The first-order valence-corrected chi connectivity index (χ1v) is 11.3. The number of hydrogen-bond donors (Lipinski definition) is 3. The molecule has 0 bridgehead atoms. The number of amides is 1. The van der Waals surface area contributed by atoms with Gasteiger partial charge in [0.15, 0.2) is 9.84 Å². The molecule has 0 radical (unpaired) electrons. The van der Waals surface area contributed by atoms with Gasteiger partial charge < -0.3 is 14.7 Å². The van der Waals surface area contributed by atoms with E-state index in [1.807, 2.05) is 0 Å². The van der Waals surface area contributed by atoms with Crippen molar-refractivity contribution in [2.24, 2.45) is 0 Å². The van der Waals surface area contributed by atoms with Crippen molar-refractivity contribution < 1.29 is 17.6 Å². The SMILES string of the molecule is Cc1[nH]c(=O)[nH]c(=O)c1CCc1nnc(SCC(=O)NC2CCS(=O)(=O)C2)o1. The van der Waals surface area contributed by atoms with E-state index >= 15 is 0 Å². The lowest BCUT2D eigenvalue weighted by molar-refractivity contribution is -0.119. The molecule has 152 valence electrons. The first-order chi connectivity index (χ1) is 13.2. The van der Waals surface area contributed by atoms with E-state index in [0.717, 1.165) is 11.8 Å². The molecule has 1 unspecified atom stereocenters. The largest absolute Gasteiger partial charge is 0.416 e. The molecule has 1 aliphatic heterocycles.